The number of anilines is 2. The molecule has 0 spiro atoms. The molecule has 0 saturated heterocycles. The van der Waals surface area contributed by atoms with Gasteiger partial charge in [0.05, 0.1) is 11.3 Å². The molecule has 0 aromatic heterocycles. The van der Waals surface area contributed by atoms with E-state index in [9.17, 15) is 0 Å². The van der Waals surface area contributed by atoms with Gasteiger partial charge in [0.2, 0.25) is 0 Å². The highest BCUT2D eigenvalue weighted by molar-refractivity contribution is 9.10. The maximum absolute atomic E-state index is 9.11. The Labute approximate surface area is 123 Å². The average Bonchev–Trinajstić information content (AvgIpc) is 2.27. The van der Waals surface area contributed by atoms with Gasteiger partial charge in [-0.05, 0) is 46.3 Å². The van der Waals surface area contributed by atoms with E-state index >= 15 is 0 Å². The van der Waals surface area contributed by atoms with Crippen LogP contribution in [0.3, 0.4) is 0 Å². The van der Waals surface area contributed by atoms with Crippen molar-refractivity contribution in [2.24, 2.45) is 0 Å². The molecule has 0 aliphatic rings. The summed E-state index contributed by atoms with van der Waals surface area (Å²) >= 11 is 15.2. The molecule has 18 heavy (non-hydrogen) atoms. The molecule has 2 aromatic rings. The Kier molecular flexibility index (Phi) is 4.13. The zero-order chi connectivity index (χ0) is 13.1. The maximum atomic E-state index is 9.11. The number of nitriles is 1. The number of nitrogens with one attached hydrogen (secondary N) is 1. The molecule has 0 amide bonds. The minimum atomic E-state index is 0.536. The molecule has 0 heterocycles. The molecular weight excluding hydrogens is 335 g/mol. The van der Waals surface area contributed by atoms with Crippen molar-refractivity contribution in [1.82, 2.24) is 0 Å². The molecule has 0 atom stereocenters. The number of benzene rings is 2. The minimum Gasteiger partial charge on any atom is -0.354 e. The zero-order valence-corrected chi connectivity index (χ0v) is 12.1. The Hall–Kier alpha value is -1.21. The number of halogens is 3. The molecule has 0 aliphatic heterocycles. The molecule has 0 fully saturated rings. The monoisotopic (exact) mass is 340 g/mol. The SMILES string of the molecule is N#Cc1c(Br)cccc1Nc1cc(Cl)cc(Cl)c1. The van der Waals surface area contributed by atoms with Crippen LogP contribution in [0.5, 0.6) is 0 Å². The highest BCUT2D eigenvalue weighted by atomic mass is 79.9. The van der Waals surface area contributed by atoms with E-state index in [1.165, 1.54) is 0 Å². The second-order valence-corrected chi connectivity index (χ2v) is 5.28. The highest BCUT2D eigenvalue weighted by Crippen LogP contribution is 2.29. The topological polar surface area (TPSA) is 35.8 Å². The third-order valence-electron chi connectivity index (χ3n) is 2.27. The molecule has 90 valence electrons. The van der Waals surface area contributed by atoms with E-state index in [0.29, 0.717) is 21.3 Å². The summed E-state index contributed by atoms with van der Waals surface area (Å²) < 4.78 is 0.739. The van der Waals surface area contributed by atoms with Crippen molar-refractivity contribution < 1.29 is 0 Å². The summed E-state index contributed by atoms with van der Waals surface area (Å²) in [6.45, 7) is 0. The lowest BCUT2D eigenvalue weighted by Gasteiger charge is -2.10. The van der Waals surface area contributed by atoms with Crippen LogP contribution in [0.25, 0.3) is 0 Å². The van der Waals surface area contributed by atoms with Crippen LogP contribution in [0.1, 0.15) is 5.56 Å². The van der Waals surface area contributed by atoms with Gasteiger partial charge in [0.1, 0.15) is 6.07 Å². The molecular formula is C13H7BrCl2N2. The van der Waals surface area contributed by atoms with E-state index in [2.05, 4.69) is 27.3 Å². The Morgan fingerprint density at radius 2 is 1.78 bits per heavy atom. The van der Waals surface area contributed by atoms with Gasteiger partial charge in [-0.15, -0.1) is 0 Å². The molecule has 1 N–H and O–H groups in total. The van der Waals surface area contributed by atoms with E-state index < -0.39 is 0 Å². The van der Waals surface area contributed by atoms with Crippen LogP contribution in [0.2, 0.25) is 10.0 Å². The molecule has 0 saturated carbocycles. The van der Waals surface area contributed by atoms with Crippen LogP contribution < -0.4 is 5.32 Å². The summed E-state index contributed by atoms with van der Waals surface area (Å²) in [6.07, 6.45) is 0. The molecule has 2 rings (SSSR count). The Morgan fingerprint density at radius 1 is 1.11 bits per heavy atom. The summed E-state index contributed by atoms with van der Waals surface area (Å²) in [7, 11) is 0. The van der Waals surface area contributed by atoms with E-state index in [4.69, 9.17) is 28.5 Å². The number of hydrogen-bond acceptors (Lipinski definition) is 2. The van der Waals surface area contributed by atoms with Crippen LogP contribution in [-0.2, 0) is 0 Å². The Balaban J connectivity index is 2.40. The lowest BCUT2D eigenvalue weighted by molar-refractivity contribution is 1.44. The van der Waals surface area contributed by atoms with Gasteiger partial charge in [0.25, 0.3) is 0 Å². The summed E-state index contributed by atoms with van der Waals surface area (Å²) in [4.78, 5) is 0. The Morgan fingerprint density at radius 3 is 2.39 bits per heavy atom. The van der Waals surface area contributed by atoms with Gasteiger partial charge in [0, 0.05) is 20.2 Å². The summed E-state index contributed by atoms with van der Waals surface area (Å²) in [5.41, 5.74) is 1.97. The zero-order valence-electron chi connectivity index (χ0n) is 9.05. The van der Waals surface area contributed by atoms with Gasteiger partial charge in [-0.25, -0.2) is 0 Å². The van der Waals surface area contributed by atoms with Crippen molar-refractivity contribution in [3.05, 3.63) is 56.5 Å². The molecule has 2 aromatic carbocycles. The predicted octanol–water partition coefficient (Wildman–Crippen LogP) is 5.37. The van der Waals surface area contributed by atoms with E-state index in [0.717, 1.165) is 10.2 Å². The summed E-state index contributed by atoms with van der Waals surface area (Å²) in [5, 5.41) is 13.3. The van der Waals surface area contributed by atoms with E-state index in [1.54, 1.807) is 18.2 Å². The fourth-order valence-electron chi connectivity index (χ4n) is 1.52. The van der Waals surface area contributed by atoms with Gasteiger partial charge in [0.15, 0.2) is 0 Å². The first kappa shape index (κ1) is 13.2. The average molecular weight is 342 g/mol. The first-order chi connectivity index (χ1) is 8.60. The van der Waals surface area contributed by atoms with Crippen molar-refractivity contribution in [2.75, 3.05) is 5.32 Å². The Bertz CT molecular complexity index is 615. The third kappa shape index (κ3) is 2.97. The van der Waals surface area contributed by atoms with Crippen LogP contribution >= 0.6 is 39.1 Å². The highest BCUT2D eigenvalue weighted by Gasteiger charge is 2.06. The van der Waals surface area contributed by atoms with Crippen LogP contribution in [-0.4, -0.2) is 0 Å². The van der Waals surface area contributed by atoms with E-state index in [1.807, 2.05) is 18.2 Å². The van der Waals surface area contributed by atoms with E-state index in [-0.39, 0.29) is 0 Å². The van der Waals surface area contributed by atoms with Gasteiger partial charge < -0.3 is 5.32 Å². The quantitative estimate of drug-likeness (QED) is 0.796. The van der Waals surface area contributed by atoms with Gasteiger partial charge in [-0.1, -0.05) is 29.3 Å². The smallest absolute Gasteiger partial charge is 0.103 e. The molecule has 0 radical (unpaired) electrons. The molecule has 0 unspecified atom stereocenters. The van der Waals surface area contributed by atoms with Crippen LogP contribution in [0.15, 0.2) is 40.9 Å². The second-order valence-electron chi connectivity index (χ2n) is 3.56. The fourth-order valence-corrected chi connectivity index (χ4v) is 2.50. The molecule has 2 nitrogen and oxygen atoms in total. The molecule has 0 bridgehead atoms. The largest absolute Gasteiger partial charge is 0.354 e. The van der Waals surface area contributed by atoms with Crippen molar-refractivity contribution >= 4 is 50.5 Å². The van der Waals surface area contributed by atoms with Crippen molar-refractivity contribution in [2.45, 2.75) is 0 Å². The maximum Gasteiger partial charge on any atom is 0.103 e. The standard InChI is InChI=1S/C13H7BrCl2N2/c14-12-2-1-3-13(11(12)7-17)18-10-5-8(15)4-9(16)6-10/h1-6,18H. The number of hydrogen-bond donors (Lipinski definition) is 1. The lowest BCUT2D eigenvalue weighted by atomic mass is 10.2. The molecule has 5 heteroatoms. The van der Waals surface area contributed by atoms with Gasteiger partial charge in [-0.2, -0.15) is 5.26 Å². The first-order valence-electron chi connectivity index (χ1n) is 5.02. The second kappa shape index (κ2) is 5.62. The predicted molar refractivity (Wildman–Crippen MR) is 78.6 cm³/mol. The lowest BCUT2D eigenvalue weighted by Crippen LogP contribution is -1.94. The summed E-state index contributed by atoms with van der Waals surface area (Å²) in [5.74, 6) is 0. The van der Waals surface area contributed by atoms with Crippen LogP contribution in [0, 0.1) is 11.3 Å². The number of nitrogens with zero attached hydrogens (tertiary/aromatic N) is 1. The third-order valence-corrected chi connectivity index (χ3v) is 3.36. The minimum absolute atomic E-state index is 0.536. The van der Waals surface area contributed by atoms with Gasteiger partial charge in [-0.3, -0.25) is 0 Å². The summed E-state index contributed by atoms with van der Waals surface area (Å²) in [6, 6.07) is 12.8. The van der Waals surface area contributed by atoms with Crippen LogP contribution in [0.4, 0.5) is 11.4 Å². The normalized spacial score (nSPS) is 9.89. The van der Waals surface area contributed by atoms with Gasteiger partial charge >= 0.3 is 0 Å². The first-order valence-corrected chi connectivity index (χ1v) is 6.57. The number of rotatable bonds is 2. The van der Waals surface area contributed by atoms with Crippen molar-refractivity contribution in [3.63, 3.8) is 0 Å². The van der Waals surface area contributed by atoms with Crippen molar-refractivity contribution in [3.8, 4) is 6.07 Å². The molecule has 0 aliphatic carbocycles. The fraction of sp³-hybridized carbons (Fsp3) is 0. The van der Waals surface area contributed by atoms with Crippen molar-refractivity contribution in [1.29, 1.82) is 5.26 Å².